The lowest BCUT2D eigenvalue weighted by Crippen LogP contribution is -2.17. The van der Waals surface area contributed by atoms with Gasteiger partial charge in [-0.3, -0.25) is 4.90 Å². The van der Waals surface area contributed by atoms with Crippen LogP contribution in [0, 0.1) is 0 Å². The summed E-state index contributed by atoms with van der Waals surface area (Å²) in [5.74, 6) is 0. The summed E-state index contributed by atoms with van der Waals surface area (Å²) in [4.78, 5) is 2.21. The molecule has 0 aromatic rings. The highest BCUT2D eigenvalue weighted by molar-refractivity contribution is 5.26. The molecule has 0 aromatic heterocycles. The fourth-order valence-corrected chi connectivity index (χ4v) is 1.83. The monoisotopic (exact) mass is 155 g/mol. The van der Waals surface area contributed by atoms with Crippen LogP contribution < -0.4 is 0 Å². The Hall–Kier alpha value is -0.380. The maximum absolute atomic E-state index is 9.32. The Labute approximate surface area is 65.9 Å². The van der Waals surface area contributed by atoms with Crippen LogP contribution in [-0.2, 0) is 0 Å². The zero-order valence-electron chi connectivity index (χ0n) is 6.35. The van der Waals surface area contributed by atoms with Crippen molar-refractivity contribution < 1.29 is 10.2 Å². The molecule has 1 aliphatic heterocycles. The van der Waals surface area contributed by atoms with Crippen molar-refractivity contribution in [1.82, 2.24) is 4.90 Å². The molecular weight excluding hydrogens is 142 g/mol. The quantitative estimate of drug-likeness (QED) is 0.420. The summed E-state index contributed by atoms with van der Waals surface area (Å²) in [5, 5.41) is 17.9. The first-order valence-corrected chi connectivity index (χ1v) is 4.07. The second-order valence-corrected chi connectivity index (χ2v) is 3.17. The highest BCUT2D eigenvalue weighted by Gasteiger charge is 2.51. The minimum Gasteiger partial charge on any atom is -0.396 e. The summed E-state index contributed by atoms with van der Waals surface area (Å²) in [7, 11) is 0. The Morgan fingerprint density at radius 1 is 1.36 bits per heavy atom. The fraction of sp³-hybridized carbons (Fsp3) is 0.750. The second kappa shape index (κ2) is 2.59. The molecule has 1 unspecified atom stereocenters. The molecule has 1 aliphatic carbocycles. The predicted octanol–water partition coefficient (Wildman–Crippen LogP) is -0.648. The minimum absolute atomic E-state index is 0.246. The highest BCUT2D eigenvalue weighted by atomic mass is 16.3. The molecule has 0 bridgehead atoms. The maximum atomic E-state index is 9.32. The van der Waals surface area contributed by atoms with Crippen molar-refractivity contribution in [2.75, 3.05) is 13.2 Å². The van der Waals surface area contributed by atoms with Crippen LogP contribution in [0.25, 0.3) is 0 Å². The van der Waals surface area contributed by atoms with Gasteiger partial charge >= 0.3 is 0 Å². The van der Waals surface area contributed by atoms with Crippen LogP contribution in [0.15, 0.2) is 12.2 Å². The van der Waals surface area contributed by atoms with Crippen molar-refractivity contribution in [3.63, 3.8) is 0 Å². The first-order chi connectivity index (χ1) is 5.34. The maximum Gasteiger partial charge on any atom is 0.0895 e. The number of hydrogen-bond donors (Lipinski definition) is 2. The zero-order chi connectivity index (χ0) is 7.84. The molecule has 0 aromatic carbocycles. The van der Waals surface area contributed by atoms with Gasteiger partial charge in [0, 0.05) is 19.2 Å². The summed E-state index contributed by atoms with van der Waals surface area (Å²) >= 11 is 0. The van der Waals surface area contributed by atoms with E-state index in [2.05, 4.69) is 4.90 Å². The molecule has 1 fully saturated rings. The third-order valence-electron chi connectivity index (χ3n) is 2.46. The summed E-state index contributed by atoms with van der Waals surface area (Å²) in [6, 6.07) is 0.804. The summed E-state index contributed by atoms with van der Waals surface area (Å²) < 4.78 is 0. The Morgan fingerprint density at radius 2 is 2.18 bits per heavy atom. The van der Waals surface area contributed by atoms with E-state index in [1.807, 2.05) is 12.2 Å². The van der Waals surface area contributed by atoms with Crippen molar-refractivity contribution in [3.8, 4) is 0 Å². The predicted molar refractivity (Wildman–Crippen MR) is 41.1 cm³/mol. The molecule has 4 atom stereocenters. The van der Waals surface area contributed by atoms with Crippen LogP contribution in [0.5, 0.6) is 0 Å². The molecule has 3 nitrogen and oxygen atoms in total. The molecule has 0 spiro atoms. The van der Waals surface area contributed by atoms with Gasteiger partial charge in [-0.05, 0) is 6.42 Å². The largest absolute Gasteiger partial charge is 0.396 e. The third-order valence-corrected chi connectivity index (χ3v) is 2.46. The zero-order valence-corrected chi connectivity index (χ0v) is 6.35. The van der Waals surface area contributed by atoms with Crippen LogP contribution in [0.3, 0.4) is 0 Å². The molecule has 62 valence electrons. The Kier molecular flexibility index (Phi) is 1.71. The van der Waals surface area contributed by atoms with E-state index in [0.29, 0.717) is 12.1 Å². The van der Waals surface area contributed by atoms with Gasteiger partial charge in [-0.15, -0.1) is 0 Å². The third kappa shape index (κ3) is 1.09. The van der Waals surface area contributed by atoms with Crippen molar-refractivity contribution in [3.05, 3.63) is 12.2 Å². The highest BCUT2D eigenvalue weighted by Crippen LogP contribution is 2.37. The molecule has 2 aliphatic rings. The number of aliphatic hydroxyl groups excluding tert-OH is 2. The molecule has 2 rings (SSSR count). The van der Waals surface area contributed by atoms with Crippen LogP contribution in [0.1, 0.15) is 6.42 Å². The van der Waals surface area contributed by atoms with E-state index < -0.39 is 0 Å². The number of hydrogen-bond acceptors (Lipinski definition) is 3. The van der Waals surface area contributed by atoms with Crippen molar-refractivity contribution in [2.45, 2.75) is 24.6 Å². The lowest BCUT2D eigenvalue weighted by Gasteiger charge is -2.05. The first kappa shape index (κ1) is 7.28. The lowest BCUT2D eigenvalue weighted by molar-refractivity contribution is 0.197. The van der Waals surface area contributed by atoms with Gasteiger partial charge in [0.25, 0.3) is 0 Å². The standard InChI is InChI=1S/C8H13NO2/c10-5-1-4-9-6-2-3-7(11)8(6)9/h2-3,6-8,10-11H,1,4-5H2/t6-,7-,8-,9?/m0/s1. The Bertz CT molecular complexity index is 181. The van der Waals surface area contributed by atoms with Gasteiger partial charge in [0.1, 0.15) is 0 Å². The van der Waals surface area contributed by atoms with E-state index in [1.165, 1.54) is 0 Å². The van der Waals surface area contributed by atoms with Crippen LogP contribution in [-0.4, -0.2) is 46.5 Å². The topological polar surface area (TPSA) is 43.5 Å². The summed E-state index contributed by atoms with van der Waals surface area (Å²) in [5.41, 5.74) is 0. The molecule has 3 heteroatoms. The lowest BCUT2D eigenvalue weighted by atomic mass is 10.3. The molecule has 1 saturated heterocycles. The van der Waals surface area contributed by atoms with Gasteiger partial charge < -0.3 is 10.2 Å². The second-order valence-electron chi connectivity index (χ2n) is 3.17. The van der Waals surface area contributed by atoms with E-state index in [9.17, 15) is 5.11 Å². The normalized spacial score (nSPS) is 46.0. The summed E-state index contributed by atoms with van der Waals surface area (Å²) in [6.45, 7) is 1.16. The van der Waals surface area contributed by atoms with E-state index >= 15 is 0 Å². The molecular formula is C8H13NO2. The molecule has 0 saturated carbocycles. The molecule has 0 amide bonds. The minimum atomic E-state index is -0.265. The van der Waals surface area contributed by atoms with E-state index in [-0.39, 0.29) is 12.7 Å². The van der Waals surface area contributed by atoms with Gasteiger partial charge in [0.05, 0.1) is 12.1 Å². The summed E-state index contributed by atoms with van der Waals surface area (Å²) in [6.07, 6.45) is 4.45. The Balaban J connectivity index is 1.81. The van der Waals surface area contributed by atoms with Gasteiger partial charge in [-0.25, -0.2) is 0 Å². The SMILES string of the molecule is OCCCN1[C@@H]2[C@@H](O)C=C[C@@H]21. The van der Waals surface area contributed by atoms with Gasteiger partial charge in [-0.2, -0.15) is 0 Å². The van der Waals surface area contributed by atoms with Crippen molar-refractivity contribution in [1.29, 1.82) is 0 Å². The molecule has 1 heterocycles. The van der Waals surface area contributed by atoms with Gasteiger partial charge in [0.15, 0.2) is 0 Å². The van der Waals surface area contributed by atoms with Crippen LogP contribution in [0.4, 0.5) is 0 Å². The van der Waals surface area contributed by atoms with E-state index in [0.717, 1.165) is 13.0 Å². The Morgan fingerprint density at radius 3 is 2.73 bits per heavy atom. The number of nitrogens with zero attached hydrogens (tertiary/aromatic N) is 1. The first-order valence-electron chi connectivity index (χ1n) is 4.07. The van der Waals surface area contributed by atoms with E-state index in [4.69, 9.17) is 5.11 Å². The number of rotatable bonds is 3. The van der Waals surface area contributed by atoms with Gasteiger partial charge in [-0.1, -0.05) is 12.2 Å². The fourth-order valence-electron chi connectivity index (χ4n) is 1.83. The van der Waals surface area contributed by atoms with Crippen molar-refractivity contribution >= 4 is 0 Å². The van der Waals surface area contributed by atoms with Crippen LogP contribution >= 0.6 is 0 Å². The van der Waals surface area contributed by atoms with Crippen LogP contribution in [0.2, 0.25) is 0 Å². The number of aliphatic hydroxyl groups is 2. The molecule has 0 radical (unpaired) electrons. The molecule has 11 heavy (non-hydrogen) atoms. The van der Waals surface area contributed by atoms with Gasteiger partial charge in [0.2, 0.25) is 0 Å². The number of fused-ring (bicyclic) bond motifs is 1. The van der Waals surface area contributed by atoms with E-state index in [1.54, 1.807) is 0 Å². The van der Waals surface area contributed by atoms with Crippen molar-refractivity contribution in [2.24, 2.45) is 0 Å². The molecule has 2 N–H and O–H groups in total. The average molecular weight is 155 g/mol. The average Bonchev–Trinajstić information content (AvgIpc) is 2.58. The smallest absolute Gasteiger partial charge is 0.0895 e.